The van der Waals surface area contributed by atoms with E-state index in [-0.39, 0.29) is 0 Å². The van der Waals surface area contributed by atoms with Crippen molar-refractivity contribution in [3.63, 3.8) is 0 Å². The highest BCUT2D eigenvalue weighted by molar-refractivity contribution is 5.09. The summed E-state index contributed by atoms with van der Waals surface area (Å²) < 4.78 is 5.41. The minimum Gasteiger partial charge on any atom is -0.468 e. The van der Waals surface area contributed by atoms with Crippen molar-refractivity contribution in [2.75, 3.05) is 6.54 Å². The zero-order chi connectivity index (χ0) is 11.9. The fraction of sp³-hybridized carbons (Fsp3) is 0.357. The van der Waals surface area contributed by atoms with E-state index >= 15 is 0 Å². The molecule has 2 aromatic rings. The predicted octanol–water partition coefficient (Wildman–Crippen LogP) is 2.96. The van der Waals surface area contributed by atoms with Crippen LogP contribution in [0.5, 0.6) is 0 Å². The standard InChI is InChI=1S/C14H18N2O/c1-2-13(14-6-4-10-17-14)16-9-7-12-5-3-8-15-11-12/h3-6,8,10-11,13,16H,2,7,9H2,1H3. The van der Waals surface area contributed by atoms with Crippen molar-refractivity contribution in [1.82, 2.24) is 10.3 Å². The second-order valence-electron chi connectivity index (χ2n) is 4.04. The fourth-order valence-electron chi connectivity index (χ4n) is 1.87. The van der Waals surface area contributed by atoms with Crippen LogP contribution < -0.4 is 5.32 Å². The number of rotatable bonds is 6. The summed E-state index contributed by atoms with van der Waals surface area (Å²) in [6.45, 7) is 3.09. The fourth-order valence-corrected chi connectivity index (χ4v) is 1.87. The van der Waals surface area contributed by atoms with Crippen LogP contribution in [0.4, 0.5) is 0 Å². The Morgan fingerprint density at radius 2 is 2.29 bits per heavy atom. The molecule has 0 aromatic carbocycles. The summed E-state index contributed by atoms with van der Waals surface area (Å²) in [6.07, 6.45) is 7.45. The average Bonchev–Trinajstić information content (AvgIpc) is 2.90. The molecule has 0 saturated heterocycles. The zero-order valence-electron chi connectivity index (χ0n) is 10.1. The number of aromatic nitrogens is 1. The summed E-state index contributed by atoms with van der Waals surface area (Å²) in [6, 6.07) is 8.33. The minimum absolute atomic E-state index is 0.307. The van der Waals surface area contributed by atoms with Crippen LogP contribution in [-0.2, 0) is 6.42 Å². The Morgan fingerprint density at radius 3 is 2.94 bits per heavy atom. The van der Waals surface area contributed by atoms with Crippen molar-refractivity contribution in [2.24, 2.45) is 0 Å². The molecule has 1 N–H and O–H groups in total. The van der Waals surface area contributed by atoms with E-state index in [2.05, 4.69) is 23.3 Å². The van der Waals surface area contributed by atoms with Gasteiger partial charge in [0, 0.05) is 12.4 Å². The Balaban J connectivity index is 1.81. The SMILES string of the molecule is CCC(NCCc1cccnc1)c1ccco1. The van der Waals surface area contributed by atoms with Gasteiger partial charge in [0.25, 0.3) is 0 Å². The molecular formula is C14H18N2O. The van der Waals surface area contributed by atoms with Crippen molar-refractivity contribution in [2.45, 2.75) is 25.8 Å². The molecule has 3 heteroatoms. The Kier molecular flexibility index (Phi) is 4.33. The lowest BCUT2D eigenvalue weighted by Crippen LogP contribution is -2.22. The highest BCUT2D eigenvalue weighted by atomic mass is 16.3. The van der Waals surface area contributed by atoms with Crippen LogP contribution in [-0.4, -0.2) is 11.5 Å². The van der Waals surface area contributed by atoms with E-state index in [4.69, 9.17) is 4.42 Å². The highest BCUT2D eigenvalue weighted by Gasteiger charge is 2.10. The first kappa shape index (κ1) is 11.9. The number of pyridine rings is 1. The summed E-state index contributed by atoms with van der Waals surface area (Å²) in [5, 5.41) is 3.50. The van der Waals surface area contributed by atoms with E-state index in [1.54, 1.807) is 12.5 Å². The number of furan rings is 1. The lowest BCUT2D eigenvalue weighted by Gasteiger charge is -2.14. The molecule has 0 aliphatic heterocycles. The molecule has 0 spiro atoms. The second kappa shape index (κ2) is 6.21. The summed E-state index contributed by atoms with van der Waals surface area (Å²) in [7, 11) is 0. The number of nitrogens with one attached hydrogen (secondary N) is 1. The van der Waals surface area contributed by atoms with Gasteiger partial charge in [-0.05, 0) is 43.1 Å². The maximum atomic E-state index is 5.41. The quantitative estimate of drug-likeness (QED) is 0.829. The highest BCUT2D eigenvalue weighted by Crippen LogP contribution is 2.16. The Morgan fingerprint density at radius 1 is 1.35 bits per heavy atom. The number of hydrogen-bond donors (Lipinski definition) is 1. The van der Waals surface area contributed by atoms with Crippen LogP contribution in [0.1, 0.15) is 30.7 Å². The molecule has 0 fully saturated rings. The smallest absolute Gasteiger partial charge is 0.120 e. The molecule has 1 unspecified atom stereocenters. The molecule has 3 nitrogen and oxygen atoms in total. The summed E-state index contributed by atoms with van der Waals surface area (Å²) in [5.74, 6) is 1.01. The van der Waals surface area contributed by atoms with Gasteiger partial charge in [-0.2, -0.15) is 0 Å². The van der Waals surface area contributed by atoms with Crippen LogP contribution >= 0.6 is 0 Å². The predicted molar refractivity (Wildman–Crippen MR) is 67.7 cm³/mol. The van der Waals surface area contributed by atoms with Crippen LogP contribution in [0, 0.1) is 0 Å². The molecule has 0 amide bonds. The number of nitrogens with zero attached hydrogens (tertiary/aromatic N) is 1. The molecule has 90 valence electrons. The number of hydrogen-bond acceptors (Lipinski definition) is 3. The van der Waals surface area contributed by atoms with Crippen molar-refractivity contribution in [3.05, 3.63) is 54.2 Å². The van der Waals surface area contributed by atoms with Gasteiger partial charge in [-0.1, -0.05) is 13.0 Å². The van der Waals surface area contributed by atoms with E-state index in [0.717, 1.165) is 25.1 Å². The normalized spacial score (nSPS) is 12.5. The first-order valence-electron chi connectivity index (χ1n) is 6.06. The minimum atomic E-state index is 0.307. The Bertz CT molecular complexity index is 411. The first-order chi connectivity index (χ1) is 8.40. The van der Waals surface area contributed by atoms with Crippen LogP contribution in [0.2, 0.25) is 0 Å². The molecule has 2 aromatic heterocycles. The third-order valence-electron chi connectivity index (χ3n) is 2.82. The van der Waals surface area contributed by atoms with E-state index in [1.807, 2.05) is 24.4 Å². The van der Waals surface area contributed by atoms with E-state index in [0.29, 0.717) is 6.04 Å². The van der Waals surface area contributed by atoms with Crippen LogP contribution in [0.15, 0.2) is 47.3 Å². The van der Waals surface area contributed by atoms with Gasteiger partial charge in [-0.15, -0.1) is 0 Å². The first-order valence-corrected chi connectivity index (χ1v) is 6.06. The average molecular weight is 230 g/mol. The molecule has 1 atom stereocenters. The third kappa shape index (κ3) is 3.43. The second-order valence-corrected chi connectivity index (χ2v) is 4.04. The van der Waals surface area contributed by atoms with Gasteiger partial charge in [0.15, 0.2) is 0 Å². The molecule has 0 radical (unpaired) electrons. The molecule has 2 heterocycles. The molecule has 2 rings (SSSR count). The largest absolute Gasteiger partial charge is 0.468 e. The summed E-state index contributed by atoms with van der Waals surface area (Å²) >= 11 is 0. The summed E-state index contributed by atoms with van der Waals surface area (Å²) in [5.41, 5.74) is 1.26. The maximum absolute atomic E-state index is 5.41. The molecule has 0 saturated carbocycles. The van der Waals surface area contributed by atoms with E-state index in [1.165, 1.54) is 5.56 Å². The molecule has 0 aliphatic rings. The van der Waals surface area contributed by atoms with Crippen molar-refractivity contribution in [1.29, 1.82) is 0 Å². The summed E-state index contributed by atoms with van der Waals surface area (Å²) in [4.78, 5) is 4.11. The monoisotopic (exact) mass is 230 g/mol. The van der Waals surface area contributed by atoms with Crippen LogP contribution in [0.25, 0.3) is 0 Å². The van der Waals surface area contributed by atoms with Gasteiger partial charge in [-0.25, -0.2) is 0 Å². The molecule has 0 aliphatic carbocycles. The van der Waals surface area contributed by atoms with E-state index in [9.17, 15) is 0 Å². The molecular weight excluding hydrogens is 212 g/mol. The van der Waals surface area contributed by atoms with Crippen LogP contribution in [0.3, 0.4) is 0 Å². The van der Waals surface area contributed by atoms with Gasteiger partial charge >= 0.3 is 0 Å². The van der Waals surface area contributed by atoms with E-state index < -0.39 is 0 Å². The van der Waals surface area contributed by atoms with Crippen molar-refractivity contribution >= 4 is 0 Å². The molecule has 0 bridgehead atoms. The van der Waals surface area contributed by atoms with Gasteiger partial charge in [0.1, 0.15) is 5.76 Å². The van der Waals surface area contributed by atoms with Crippen molar-refractivity contribution < 1.29 is 4.42 Å². The lowest BCUT2D eigenvalue weighted by atomic mass is 10.1. The third-order valence-corrected chi connectivity index (χ3v) is 2.82. The molecule has 17 heavy (non-hydrogen) atoms. The lowest BCUT2D eigenvalue weighted by molar-refractivity contribution is 0.406. The van der Waals surface area contributed by atoms with Gasteiger partial charge in [0.05, 0.1) is 12.3 Å². The van der Waals surface area contributed by atoms with Gasteiger partial charge < -0.3 is 9.73 Å². The topological polar surface area (TPSA) is 38.1 Å². The van der Waals surface area contributed by atoms with Gasteiger partial charge in [-0.3, -0.25) is 4.98 Å². The maximum Gasteiger partial charge on any atom is 0.120 e. The Hall–Kier alpha value is -1.61. The van der Waals surface area contributed by atoms with Gasteiger partial charge in [0.2, 0.25) is 0 Å². The Labute approximate surface area is 102 Å². The van der Waals surface area contributed by atoms with Crippen molar-refractivity contribution in [3.8, 4) is 0 Å². The zero-order valence-corrected chi connectivity index (χ0v) is 10.1.